The van der Waals surface area contributed by atoms with Crippen molar-refractivity contribution in [3.63, 3.8) is 0 Å². The molecule has 0 aromatic carbocycles. The Morgan fingerprint density at radius 2 is 2.22 bits per heavy atom. The number of likely N-dealkylation sites (tertiary alicyclic amines) is 1. The summed E-state index contributed by atoms with van der Waals surface area (Å²) in [4.78, 5) is 24.6. The van der Waals surface area contributed by atoms with Crippen LogP contribution in [0.1, 0.15) is 37.8 Å². The Kier molecular flexibility index (Phi) is 6.22. The number of rotatable bonds is 5. The van der Waals surface area contributed by atoms with Gasteiger partial charge in [0.05, 0.1) is 24.4 Å². The summed E-state index contributed by atoms with van der Waals surface area (Å²) in [5.41, 5.74) is 0.886. The summed E-state index contributed by atoms with van der Waals surface area (Å²) in [5, 5.41) is 30.1. The third-order valence-electron chi connectivity index (χ3n) is 6.63. The van der Waals surface area contributed by atoms with Crippen LogP contribution >= 0.6 is 11.6 Å². The highest BCUT2D eigenvalue weighted by molar-refractivity contribution is 6.32. The summed E-state index contributed by atoms with van der Waals surface area (Å²) in [7, 11) is 1.88. The van der Waals surface area contributed by atoms with Gasteiger partial charge in [-0.05, 0) is 38.0 Å². The van der Waals surface area contributed by atoms with Crippen molar-refractivity contribution >= 4 is 35.1 Å². The molecule has 11 heteroatoms. The van der Waals surface area contributed by atoms with Crippen molar-refractivity contribution in [3.05, 3.63) is 23.0 Å². The highest BCUT2D eigenvalue weighted by Gasteiger charge is 2.48. The van der Waals surface area contributed by atoms with Gasteiger partial charge in [0.2, 0.25) is 11.9 Å². The fourth-order valence-electron chi connectivity index (χ4n) is 4.82. The summed E-state index contributed by atoms with van der Waals surface area (Å²) in [6.45, 7) is 3.15. The Balaban J connectivity index is 1.45. The number of anilines is 3. The van der Waals surface area contributed by atoms with E-state index in [1.165, 1.54) is 0 Å². The van der Waals surface area contributed by atoms with Gasteiger partial charge in [0.1, 0.15) is 11.4 Å². The fraction of sp³-hybridized carbons (Fsp3) is 0.571. The number of nitriles is 1. The molecule has 4 rings (SSSR count). The fourth-order valence-corrected chi connectivity index (χ4v) is 4.96. The van der Waals surface area contributed by atoms with Crippen molar-refractivity contribution in [2.75, 3.05) is 30.4 Å². The van der Waals surface area contributed by atoms with Gasteiger partial charge in [-0.1, -0.05) is 11.6 Å². The van der Waals surface area contributed by atoms with Crippen molar-refractivity contribution in [2.24, 2.45) is 5.41 Å². The molecular formula is C21H27ClN8O2. The van der Waals surface area contributed by atoms with Gasteiger partial charge in [-0.25, -0.2) is 4.98 Å². The number of amides is 1. The van der Waals surface area contributed by atoms with Gasteiger partial charge in [0.15, 0.2) is 11.6 Å². The number of aromatic amines is 1. The lowest BCUT2D eigenvalue weighted by atomic mass is 9.76. The molecule has 0 bridgehead atoms. The number of aliphatic hydroxyl groups is 1. The lowest BCUT2D eigenvalue weighted by molar-refractivity contribution is -0.132. The molecule has 1 saturated heterocycles. The topological polar surface area (TPSA) is 134 Å². The summed E-state index contributed by atoms with van der Waals surface area (Å²) in [5.74, 6) is 1.40. The monoisotopic (exact) mass is 458 g/mol. The third-order valence-corrected chi connectivity index (χ3v) is 6.91. The molecule has 2 atom stereocenters. The first-order valence-corrected chi connectivity index (χ1v) is 11.1. The van der Waals surface area contributed by atoms with Crippen LogP contribution in [0.3, 0.4) is 0 Å². The van der Waals surface area contributed by atoms with E-state index in [-0.39, 0.29) is 23.8 Å². The van der Waals surface area contributed by atoms with Gasteiger partial charge in [-0.15, -0.1) is 0 Å². The van der Waals surface area contributed by atoms with E-state index in [9.17, 15) is 9.90 Å². The average Bonchev–Trinajstić information content (AvgIpc) is 3.32. The predicted octanol–water partition coefficient (Wildman–Crippen LogP) is 2.39. The lowest BCUT2D eigenvalue weighted by Gasteiger charge is -2.39. The Bertz CT molecular complexity index is 1030. The summed E-state index contributed by atoms with van der Waals surface area (Å²) in [6, 6.07) is 3.63. The molecule has 2 aromatic rings. The molecule has 3 N–H and O–H groups in total. The Morgan fingerprint density at radius 3 is 2.88 bits per heavy atom. The van der Waals surface area contributed by atoms with Crippen LogP contribution in [-0.4, -0.2) is 68.4 Å². The second-order valence-corrected chi connectivity index (χ2v) is 9.20. The van der Waals surface area contributed by atoms with Gasteiger partial charge < -0.3 is 20.2 Å². The zero-order valence-corrected chi connectivity index (χ0v) is 18.9. The quantitative estimate of drug-likeness (QED) is 0.621. The number of hydrogen-bond donors (Lipinski definition) is 3. The number of piperidine rings is 1. The molecule has 170 valence electrons. The number of likely N-dealkylation sites (N-methyl/N-ethyl adjacent to an activating group) is 1. The van der Waals surface area contributed by atoms with Crippen molar-refractivity contribution in [1.82, 2.24) is 25.1 Å². The number of aryl methyl sites for hydroxylation is 1. The van der Waals surface area contributed by atoms with E-state index in [2.05, 4.69) is 25.5 Å². The van der Waals surface area contributed by atoms with Crippen molar-refractivity contribution < 1.29 is 9.90 Å². The average molecular weight is 459 g/mol. The molecule has 1 spiro atoms. The molecule has 10 nitrogen and oxygen atoms in total. The third kappa shape index (κ3) is 4.49. The summed E-state index contributed by atoms with van der Waals surface area (Å²) >= 11 is 6.28. The first-order chi connectivity index (χ1) is 15.3. The molecule has 1 saturated carbocycles. The van der Waals surface area contributed by atoms with Crippen molar-refractivity contribution in [1.29, 1.82) is 5.26 Å². The molecule has 1 amide bonds. The van der Waals surface area contributed by atoms with E-state index >= 15 is 0 Å². The van der Waals surface area contributed by atoms with Gasteiger partial charge >= 0.3 is 0 Å². The van der Waals surface area contributed by atoms with E-state index in [0.717, 1.165) is 25.0 Å². The lowest BCUT2D eigenvalue weighted by Crippen LogP contribution is -2.43. The number of carbonyl (C=O) groups is 1. The normalized spacial score (nSPS) is 22.0. The van der Waals surface area contributed by atoms with Crippen molar-refractivity contribution in [3.8, 4) is 6.07 Å². The number of aromatic nitrogens is 4. The zero-order chi connectivity index (χ0) is 22.9. The SMILES string of the molecule is Cc1cc(Nc2nc(N(C)C3CC4(CCN(C(=O)CC#N)CC4)CC3O)ncc2Cl)n[nH]1. The van der Waals surface area contributed by atoms with E-state index in [0.29, 0.717) is 42.1 Å². The van der Waals surface area contributed by atoms with Crippen LogP contribution in [0.2, 0.25) is 5.02 Å². The van der Waals surface area contributed by atoms with E-state index in [1.807, 2.05) is 31.0 Å². The van der Waals surface area contributed by atoms with Crippen LogP contribution in [0.25, 0.3) is 0 Å². The van der Waals surface area contributed by atoms with E-state index in [4.69, 9.17) is 16.9 Å². The minimum atomic E-state index is -0.522. The summed E-state index contributed by atoms with van der Waals surface area (Å²) < 4.78 is 0. The molecule has 3 heterocycles. The van der Waals surface area contributed by atoms with Crippen LogP contribution in [0.4, 0.5) is 17.6 Å². The highest BCUT2D eigenvalue weighted by Crippen LogP contribution is 2.48. The second-order valence-electron chi connectivity index (χ2n) is 8.80. The van der Waals surface area contributed by atoms with E-state index in [1.54, 1.807) is 11.1 Å². The van der Waals surface area contributed by atoms with Gasteiger partial charge in [0, 0.05) is 31.9 Å². The molecule has 1 aliphatic heterocycles. The highest BCUT2D eigenvalue weighted by atomic mass is 35.5. The number of carbonyl (C=O) groups excluding carboxylic acids is 1. The maximum Gasteiger partial charge on any atom is 0.236 e. The number of H-pyrrole nitrogens is 1. The summed E-state index contributed by atoms with van der Waals surface area (Å²) in [6.07, 6.45) is 4.04. The maximum atomic E-state index is 12.0. The van der Waals surface area contributed by atoms with Gasteiger partial charge in [-0.2, -0.15) is 15.3 Å². The van der Waals surface area contributed by atoms with Gasteiger partial charge in [0.25, 0.3) is 0 Å². The minimum Gasteiger partial charge on any atom is -0.391 e. The molecule has 2 unspecified atom stereocenters. The van der Waals surface area contributed by atoms with Crippen LogP contribution in [-0.2, 0) is 4.79 Å². The standard InChI is InChI=1S/C21H27ClN8O2/c1-13-9-17(28-27-13)25-19-14(22)12-24-20(26-19)29(2)15-10-21(11-16(15)31)4-7-30(8-5-21)18(32)3-6-23/h9,12,15-16,31H,3-5,7-8,10-11H2,1-2H3,(H2,24,25,26,27,28). The molecule has 2 aromatic heterocycles. The Hall–Kier alpha value is -2.90. The molecule has 32 heavy (non-hydrogen) atoms. The van der Waals surface area contributed by atoms with Gasteiger partial charge in [-0.3, -0.25) is 9.89 Å². The largest absolute Gasteiger partial charge is 0.391 e. The molecular weight excluding hydrogens is 432 g/mol. The molecule has 2 aliphatic rings. The number of nitrogens with zero attached hydrogens (tertiary/aromatic N) is 6. The Morgan fingerprint density at radius 1 is 1.47 bits per heavy atom. The zero-order valence-electron chi connectivity index (χ0n) is 18.2. The predicted molar refractivity (Wildman–Crippen MR) is 120 cm³/mol. The minimum absolute atomic E-state index is 0.0260. The second kappa shape index (κ2) is 8.92. The van der Waals surface area contributed by atoms with Crippen molar-refractivity contribution in [2.45, 2.75) is 51.2 Å². The van der Waals surface area contributed by atoms with Crippen LogP contribution in [0.15, 0.2) is 12.3 Å². The first-order valence-electron chi connectivity index (χ1n) is 10.7. The maximum absolute atomic E-state index is 12.0. The number of nitrogens with one attached hydrogen (secondary N) is 2. The van der Waals surface area contributed by atoms with Crippen LogP contribution in [0, 0.1) is 23.7 Å². The molecule has 1 aliphatic carbocycles. The number of halogens is 1. The first kappa shape index (κ1) is 22.3. The number of hydrogen-bond acceptors (Lipinski definition) is 8. The van der Waals surface area contributed by atoms with Crippen LogP contribution < -0.4 is 10.2 Å². The molecule has 0 radical (unpaired) electrons. The Labute approximate surface area is 191 Å². The number of aliphatic hydroxyl groups excluding tert-OH is 1. The van der Waals surface area contributed by atoms with E-state index < -0.39 is 6.10 Å². The smallest absolute Gasteiger partial charge is 0.236 e. The molecule has 2 fully saturated rings. The van der Waals surface area contributed by atoms with Crippen LogP contribution in [0.5, 0.6) is 0 Å².